The van der Waals surface area contributed by atoms with Crippen molar-refractivity contribution >= 4 is 55.0 Å². The number of para-hydroxylation sites is 1. The Morgan fingerprint density at radius 2 is 1.52 bits per heavy atom. The van der Waals surface area contributed by atoms with Crippen LogP contribution in [-0.2, 0) is 0 Å². The first kappa shape index (κ1) is 16.5. The lowest BCUT2D eigenvalue weighted by Gasteiger charge is -2.05. The SMILES string of the molecule is O=C(c1ccc(Br)cc1)n1c2ccccc2c2c(-c3ccccc3)scc21. The second-order valence-electron chi connectivity index (χ2n) is 6.36. The Hall–Kier alpha value is -2.69. The molecule has 0 radical (unpaired) electrons. The van der Waals surface area contributed by atoms with Crippen molar-refractivity contribution in [3.8, 4) is 10.4 Å². The molecule has 0 N–H and O–H groups in total. The molecule has 27 heavy (non-hydrogen) atoms. The summed E-state index contributed by atoms with van der Waals surface area (Å²) in [5, 5.41) is 4.35. The molecule has 0 unspecified atom stereocenters. The maximum absolute atomic E-state index is 13.3. The Morgan fingerprint density at radius 1 is 0.815 bits per heavy atom. The van der Waals surface area contributed by atoms with Crippen molar-refractivity contribution in [1.82, 2.24) is 4.57 Å². The molecule has 0 aliphatic heterocycles. The Balaban J connectivity index is 1.81. The second-order valence-corrected chi connectivity index (χ2v) is 8.15. The van der Waals surface area contributed by atoms with Crippen LogP contribution in [0.5, 0.6) is 0 Å². The quantitative estimate of drug-likeness (QED) is 0.295. The predicted molar refractivity (Wildman–Crippen MR) is 117 cm³/mol. The zero-order chi connectivity index (χ0) is 18.4. The van der Waals surface area contributed by atoms with E-state index in [1.807, 2.05) is 65.2 Å². The minimum absolute atomic E-state index is 0.00823. The largest absolute Gasteiger partial charge is 0.275 e. The van der Waals surface area contributed by atoms with E-state index in [1.165, 1.54) is 10.4 Å². The molecule has 0 aliphatic rings. The van der Waals surface area contributed by atoms with E-state index in [2.05, 4.69) is 39.5 Å². The van der Waals surface area contributed by atoms with Gasteiger partial charge in [0.2, 0.25) is 0 Å². The van der Waals surface area contributed by atoms with Gasteiger partial charge in [-0.1, -0.05) is 64.5 Å². The maximum Gasteiger partial charge on any atom is 0.262 e. The second kappa shape index (κ2) is 6.48. The Labute approximate surface area is 168 Å². The smallest absolute Gasteiger partial charge is 0.262 e. The molecule has 130 valence electrons. The minimum Gasteiger partial charge on any atom is -0.275 e. The highest BCUT2D eigenvalue weighted by Crippen LogP contribution is 2.41. The van der Waals surface area contributed by atoms with Crippen LogP contribution in [-0.4, -0.2) is 10.5 Å². The Bertz CT molecular complexity index is 1280. The standard InChI is InChI=1S/C23H14BrNOS/c24-17-12-10-16(11-13-17)23(26)25-19-9-5-4-8-18(19)21-20(25)14-27-22(21)15-6-2-1-3-7-15/h1-14H. The average molecular weight is 432 g/mol. The normalized spacial score (nSPS) is 11.3. The molecular weight excluding hydrogens is 418 g/mol. The number of hydrogen-bond donors (Lipinski definition) is 0. The fraction of sp³-hybridized carbons (Fsp3) is 0. The van der Waals surface area contributed by atoms with Gasteiger partial charge in [-0.3, -0.25) is 9.36 Å². The fourth-order valence-electron chi connectivity index (χ4n) is 3.53. The number of carbonyl (C=O) groups excluding carboxylic acids is 1. The molecule has 0 saturated carbocycles. The molecule has 0 aliphatic carbocycles. The molecular formula is C23H14BrNOS. The minimum atomic E-state index is -0.00823. The van der Waals surface area contributed by atoms with Gasteiger partial charge in [0.25, 0.3) is 5.91 Å². The number of nitrogens with zero attached hydrogens (tertiary/aromatic N) is 1. The molecule has 0 atom stereocenters. The summed E-state index contributed by atoms with van der Waals surface area (Å²) in [7, 11) is 0. The van der Waals surface area contributed by atoms with Crippen molar-refractivity contribution in [1.29, 1.82) is 0 Å². The number of fused-ring (bicyclic) bond motifs is 3. The van der Waals surface area contributed by atoms with Gasteiger partial charge in [0.1, 0.15) is 0 Å². The first-order valence-corrected chi connectivity index (χ1v) is 10.3. The van der Waals surface area contributed by atoms with Crippen LogP contribution in [0.15, 0.2) is 88.7 Å². The van der Waals surface area contributed by atoms with E-state index in [-0.39, 0.29) is 5.91 Å². The van der Waals surface area contributed by atoms with E-state index in [1.54, 1.807) is 11.3 Å². The topological polar surface area (TPSA) is 22.0 Å². The lowest BCUT2D eigenvalue weighted by atomic mass is 10.1. The lowest BCUT2D eigenvalue weighted by Crippen LogP contribution is -2.11. The van der Waals surface area contributed by atoms with Crippen LogP contribution in [0, 0.1) is 0 Å². The highest BCUT2D eigenvalue weighted by Gasteiger charge is 2.21. The molecule has 0 amide bonds. The monoisotopic (exact) mass is 431 g/mol. The van der Waals surface area contributed by atoms with E-state index in [4.69, 9.17) is 0 Å². The van der Waals surface area contributed by atoms with Crippen LogP contribution < -0.4 is 0 Å². The summed E-state index contributed by atoms with van der Waals surface area (Å²) in [4.78, 5) is 14.5. The van der Waals surface area contributed by atoms with Crippen molar-refractivity contribution < 1.29 is 4.79 Å². The van der Waals surface area contributed by atoms with Crippen LogP contribution in [0.4, 0.5) is 0 Å². The average Bonchev–Trinajstić information content (AvgIpc) is 3.27. The van der Waals surface area contributed by atoms with Crippen LogP contribution in [0.3, 0.4) is 0 Å². The number of hydrogen-bond acceptors (Lipinski definition) is 2. The van der Waals surface area contributed by atoms with Gasteiger partial charge in [-0.25, -0.2) is 0 Å². The van der Waals surface area contributed by atoms with Crippen molar-refractivity contribution in [2.45, 2.75) is 0 Å². The van der Waals surface area contributed by atoms with E-state index in [9.17, 15) is 4.79 Å². The molecule has 0 spiro atoms. The van der Waals surface area contributed by atoms with Gasteiger partial charge in [0, 0.05) is 31.1 Å². The van der Waals surface area contributed by atoms with E-state index >= 15 is 0 Å². The molecule has 0 fully saturated rings. The molecule has 0 saturated heterocycles. The highest BCUT2D eigenvalue weighted by molar-refractivity contribution is 9.10. The molecule has 4 heteroatoms. The highest BCUT2D eigenvalue weighted by atomic mass is 79.9. The Kier molecular flexibility index (Phi) is 3.96. The molecule has 3 aromatic carbocycles. The summed E-state index contributed by atoms with van der Waals surface area (Å²) in [5.41, 5.74) is 3.76. The molecule has 2 heterocycles. The summed E-state index contributed by atoms with van der Waals surface area (Å²) >= 11 is 5.12. The van der Waals surface area contributed by atoms with Crippen LogP contribution >= 0.6 is 27.3 Å². The molecule has 2 nitrogen and oxygen atoms in total. The molecule has 5 aromatic rings. The van der Waals surface area contributed by atoms with Gasteiger partial charge in [-0.15, -0.1) is 11.3 Å². The third-order valence-electron chi connectivity index (χ3n) is 4.76. The summed E-state index contributed by atoms with van der Waals surface area (Å²) in [6.45, 7) is 0. The van der Waals surface area contributed by atoms with Gasteiger partial charge in [-0.05, 0) is 35.9 Å². The van der Waals surface area contributed by atoms with Gasteiger partial charge in [-0.2, -0.15) is 0 Å². The van der Waals surface area contributed by atoms with Crippen molar-refractivity contribution in [3.05, 3.63) is 94.3 Å². The van der Waals surface area contributed by atoms with Crippen LogP contribution in [0.1, 0.15) is 10.4 Å². The Morgan fingerprint density at radius 3 is 2.30 bits per heavy atom. The number of carbonyl (C=O) groups is 1. The number of thiophene rings is 1. The fourth-order valence-corrected chi connectivity index (χ4v) is 4.85. The van der Waals surface area contributed by atoms with E-state index < -0.39 is 0 Å². The van der Waals surface area contributed by atoms with Crippen molar-refractivity contribution in [3.63, 3.8) is 0 Å². The number of rotatable bonds is 2. The van der Waals surface area contributed by atoms with Crippen molar-refractivity contribution in [2.24, 2.45) is 0 Å². The first-order chi connectivity index (χ1) is 13.2. The van der Waals surface area contributed by atoms with Gasteiger partial charge in [0.05, 0.1) is 11.0 Å². The maximum atomic E-state index is 13.3. The molecule has 0 bridgehead atoms. The van der Waals surface area contributed by atoms with Crippen molar-refractivity contribution in [2.75, 3.05) is 0 Å². The third-order valence-corrected chi connectivity index (χ3v) is 6.30. The molecule has 2 aromatic heterocycles. The first-order valence-electron chi connectivity index (χ1n) is 8.60. The number of halogens is 1. The summed E-state index contributed by atoms with van der Waals surface area (Å²) < 4.78 is 2.81. The summed E-state index contributed by atoms with van der Waals surface area (Å²) in [6, 6.07) is 26.0. The third kappa shape index (κ3) is 2.64. The van der Waals surface area contributed by atoms with Gasteiger partial charge >= 0.3 is 0 Å². The van der Waals surface area contributed by atoms with E-state index in [0.717, 1.165) is 26.3 Å². The predicted octanol–water partition coefficient (Wildman–Crippen LogP) is 6.97. The number of benzene rings is 3. The lowest BCUT2D eigenvalue weighted by molar-refractivity contribution is 0.0969. The van der Waals surface area contributed by atoms with Gasteiger partial charge in [0.15, 0.2) is 0 Å². The summed E-state index contributed by atoms with van der Waals surface area (Å²) in [6.07, 6.45) is 0. The number of aromatic nitrogens is 1. The van der Waals surface area contributed by atoms with Gasteiger partial charge < -0.3 is 0 Å². The van der Waals surface area contributed by atoms with Crippen LogP contribution in [0.2, 0.25) is 0 Å². The zero-order valence-corrected chi connectivity index (χ0v) is 16.6. The van der Waals surface area contributed by atoms with Crippen LogP contribution in [0.25, 0.3) is 32.2 Å². The summed E-state index contributed by atoms with van der Waals surface area (Å²) in [5.74, 6) is -0.00823. The molecule has 5 rings (SSSR count). The van der Waals surface area contributed by atoms with E-state index in [0.29, 0.717) is 5.56 Å². The zero-order valence-electron chi connectivity index (χ0n) is 14.2.